The Morgan fingerprint density at radius 1 is 1.16 bits per heavy atom. The van der Waals surface area contributed by atoms with Gasteiger partial charge in [-0.15, -0.1) is 0 Å². The second-order valence-corrected chi connectivity index (χ2v) is 9.94. The van der Waals surface area contributed by atoms with E-state index in [0.717, 1.165) is 55.7 Å². The number of primary amides is 1. The standard InChI is InChI=1S/C24H33N5O2/c1-24(2,3)29-21(13-20(27-29)17-8-9-17)23(31)26-19-10-6-16(7-11-19)14-28-12-4-5-18(15-28)22(25)30/h6-7,10-11,13,17-18H,4-5,8-9,12,14-15H2,1-3H3,(H2,25,30)(H,26,31). The first-order chi connectivity index (χ1) is 14.7. The molecule has 7 heteroatoms. The van der Waals surface area contributed by atoms with Gasteiger partial charge in [-0.2, -0.15) is 5.10 Å². The molecule has 1 aliphatic carbocycles. The summed E-state index contributed by atoms with van der Waals surface area (Å²) < 4.78 is 1.84. The molecule has 1 saturated carbocycles. The predicted molar refractivity (Wildman–Crippen MR) is 121 cm³/mol. The molecule has 166 valence electrons. The van der Waals surface area contributed by atoms with Gasteiger partial charge in [0.15, 0.2) is 0 Å². The van der Waals surface area contributed by atoms with Crippen LogP contribution in [0.4, 0.5) is 5.69 Å². The highest BCUT2D eigenvalue weighted by molar-refractivity contribution is 6.03. The number of nitrogens with zero attached hydrogens (tertiary/aromatic N) is 3. The van der Waals surface area contributed by atoms with Crippen LogP contribution in [0, 0.1) is 5.92 Å². The van der Waals surface area contributed by atoms with Crippen molar-refractivity contribution in [1.82, 2.24) is 14.7 Å². The van der Waals surface area contributed by atoms with Gasteiger partial charge in [0.2, 0.25) is 5.91 Å². The first kappa shape index (κ1) is 21.6. The lowest BCUT2D eigenvalue weighted by Gasteiger charge is -2.31. The highest BCUT2D eigenvalue weighted by Crippen LogP contribution is 2.40. The Morgan fingerprint density at radius 2 is 1.87 bits per heavy atom. The summed E-state index contributed by atoms with van der Waals surface area (Å²) in [4.78, 5) is 26.8. The second-order valence-electron chi connectivity index (χ2n) is 9.94. The lowest BCUT2D eigenvalue weighted by Crippen LogP contribution is -2.40. The van der Waals surface area contributed by atoms with Crippen molar-refractivity contribution in [2.45, 2.75) is 64.5 Å². The summed E-state index contributed by atoms with van der Waals surface area (Å²) in [6, 6.07) is 9.86. The van der Waals surface area contributed by atoms with Gasteiger partial charge in [0.05, 0.1) is 17.2 Å². The summed E-state index contributed by atoms with van der Waals surface area (Å²) in [6.45, 7) is 8.65. The van der Waals surface area contributed by atoms with Crippen molar-refractivity contribution in [3.05, 3.63) is 47.3 Å². The maximum Gasteiger partial charge on any atom is 0.273 e. The van der Waals surface area contributed by atoms with Crippen LogP contribution in [-0.4, -0.2) is 39.6 Å². The number of piperidine rings is 1. The molecule has 1 unspecified atom stereocenters. The van der Waals surface area contributed by atoms with Crippen molar-refractivity contribution in [2.75, 3.05) is 18.4 Å². The van der Waals surface area contributed by atoms with Crippen LogP contribution in [0.2, 0.25) is 0 Å². The number of nitrogens with one attached hydrogen (secondary N) is 1. The zero-order valence-corrected chi connectivity index (χ0v) is 18.7. The average Bonchev–Trinajstić information content (AvgIpc) is 3.46. The smallest absolute Gasteiger partial charge is 0.273 e. The van der Waals surface area contributed by atoms with Gasteiger partial charge < -0.3 is 11.1 Å². The number of anilines is 1. The minimum absolute atomic E-state index is 0.0551. The minimum atomic E-state index is -0.263. The van der Waals surface area contributed by atoms with Crippen molar-refractivity contribution < 1.29 is 9.59 Å². The SMILES string of the molecule is CC(C)(C)n1nc(C2CC2)cc1C(=O)Nc1ccc(CN2CCCC(C(N)=O)C2)cc1. The monoisotopic (exact) mass is 423 g/mol. The van der Waals surface area contributed by atoms with Crippen molar-refractivity contribution in [3.63, 3.8) is 0 Å². The van der Waals surface area contributed by atoms with Gasteiger partial charge in [0, 0.05) is 24.7 Å². The molecule has 3 N–H and O–H groups in total. The zero-order chi connectivity index (χ0) is 22.2. The minimum Gasteiger partial charge on any atom is -0.369 e. The number of aromatic nitrogens is 2. The fourth-order valence-corrected chi connectivity index (χ4v) is 4.23. The Balaban J connectivity index is 1.41. The fourth-order valence-electron chi connectivity index (χ4n) is 4.23. The van der Waals surface area contributed by atoms with E-state index < -0.39 is 0 Å². The third kappa shape index (κ3) is 5.15. The first-order valence-electron chi connectivity index (χ1n) is 11.2. The molecule has 1 aromatic carbocycles. The zero-order valence-electron chi connectivity index (χ0n) is 18.7. The molecule has 2 heterocycles. The van der Waals surface area contributed by atoms with Crippen molar-refractivity contribution in [1.29, 1.82) is 0 Å². The van der Waals surface area contributed by atoms with Gasteiger partial charge in [-0.25, -0.2) is 0 Å². The van der Waals surface area contributed by atoms with Crippen LogP contribution in [-0.2, 0) is 16.9 Å². The van der Waals surface area contributed by atoms with E-state index in [2.05, 4.69) is 31.0 Å². The number of rotatable bonds is 6. The maximum atomic E-state index is 13.0. The van der Waals surface area contributed by atoms with Gasteiger partial charge in [-0.05, 0) is 76.8 Å². The number of carbonyl (C=O) groups is 2. The van der Waals surface area contributed by atoms with Gasteiger partial charge in [0.25, 0.3) is 5.91 Å². The summed E-state index contributed by atoms with van der Waals surface area (Å²) in [7, 11) is 0. The van der Waals surface area contributed by atoms with Crippen LogP contribution in [0.1, 0.15) is 74.1 Å². The molecule has 2 aliphatic rings. The molecule has 0 bridgehead atoms. The molecule has 0 radical (unpaired) electrons. The van der Waals surface area contributed by atoms with E-state index in [-0.39, 0.29) is 23.3 Å². The van der Waals surface area contributed by atoms with Crippen LogP contribution in [0.5, 0.6) is 0 Å². The Labute approximate surface area is 184 Å². The number of likely N-dealkylation sites (tertiary alicyclic amines) is 1. The number of hydrogen-bond donors (Lipinski definition) is 2. The molecule has 2 amide bonds. The number of amides is 2. The Kier molecular flexibility index (Phi) is 5.88. The third-order valence-corrected chi connectivity index (χ3v) is 6.12. The number of benzene rings is 1. The van der Waals surface area contributed by atoms with Gasteiger partial charge in [-0.1, -0.05) is 12.1 Å². The van der Waals surface area contributed by atoms with Crippen LogP contribution in [0.15, 0.2) is 30.3 Å². The van der Waals surface area contributed by atoms with Crippen molar-refractivity contribution in [2.24, 2.45) is 11.7 Å². The molecular formula is C24H33N5O2. The Hall–Kier alpha value is -2.67. The van der Waals surface area contributed by atoms with Crippen LogP contribution in [0.3, 0.4) is 0 Å². The lowest BCUT2D eigenvalue weighted by molar-refractivity contribution is -0.123. The largest absolute Gasteiger partial charge is 0.369 e. The molecule has 1 atom stereocenters. The normalized spacial score (nSPS) is 19.9. The van der Waals surface area contributed by atoms with Gasteiger partial charge in [0.1, 0.15) is 5.69 Å². The third-order valence-electron chi connectivity index (χ3n) is 6.12. The van der Waals surface area contributed by atoms with E-state index in [1.165, 1.54) is 0 Å². The Morgan fingerprint density at radius 3 is 2.48 bits per heavy atom. The van der Waals surface area contributed by atoms with E-state index in [1.807, 2.05) is 35.0 Å². The lowest BCUT2D eigenvalue weighted by atomic mass is 9.97. The average molecular weight is 424 g/mol. The second kappa shape index (κ2) is 8.46. The maximum absolute atomic E-state index is 13.0. The molecule has 1 saturated heterocycles. The van der Waals surface area contributed by atoms with E-state index in [0.29, 0.717) is 18.2 Å². The molecular weight excluding hydrogens is 390 g/mol. The molecule has 2 aromatic rings. The van der Waals surface area contributed by atoms with E-state index >= 15 is 0 Å². The van der Waals surface area contributed by atoms with E-state index in [1.54, 1.807) is 0 Å². The molecule has 1 aliphatic heterocycles. The van der Waals surface area contributed by atoms with Crippen molar-refractivity contribution >= 4 is 17.5 Å². The summed E-state index contributed by atoms with van der Waals surface area (Å²) in [6.07, 6.45) is 4.18. The number of hydrogen-bond acceptors (Lipinski definition) is 4. The quantitative estimate of drug-likeness (QED) is 0.744. The van der Waals surface area contributed by atoms with Crippen LogP contribution < -0.4 is 11.1 Å². The van der Waals surface area contributed by atoms with E-state index in [9.17, 15) is 9.59 Å². The summed E-state index contributed by atoms with van der Waals surface area (Å²) >= 11 is 0. The predicted octanol–water partition coefficient (Wildman–Crippen LogP) is 3.47. The summed E-state index contributed by atoms with van der Waals surface area (Å²) in [5.74, 6) is 0.100. The summed E-state index contributed by atoms with van der Waals surface area (Å²) in [5.41, 5.74) is 8.75. The topological polar surface area (TPSA) is 93.2 Å². The highest BCUT2D eigenvalue weighted by atomic mass is 16.2. The van der Waals surface area contributed by atoms with Crippen molar-refractivity contribution in [3.8, 4) is 0 Å². The van der Waals surface area contributed by atoms with Crippen LogP contribution in [0.25, 0.3) is 0 Å². The first-order valence-corrected chi connectivity index (χ1v) is 11.2. The molecule has 1 aromatic heterocycles. The fraction of sp³-hybridized carbons (Fsp3) is 0.542. The molecule has 31 heavy (non-hydrogen) atoms. The van der Waals surface area contributed by atoms with Crippen LogP contribution >= 0.6 is 0 Å². The van der Waals surface area contributed by atoms with Gasteiger partial charge in [-0.3, -0.25) is 19.2 Å². The molecule has 2 fully saturated rings. The van der Waals surface area contributed by atoms with E-state index in [4.69, 9.17) is 10.8 Å². The number of carbonyl (C=O) groups excluding carboxylic acids is 2. The summed E-state index contributed by atoms with van der Waals surface area (Å²) in [5, 5.41) is 7.74. The highest BCUT2D eigenvalue weighted by Gasteiger charge is 2.31. The molecule has 0 spiro atoms. The molecule has 7 nitrogen and oxygen atoms in total. The Bertz CT molecular complexity index is 953. The van der Waals surface area contributed by atoms with Gasteiger partial charge >= 0.3 is 0 Å². The number of nitrogens with two attached hydrogens (primary N) is 1. The molecule has 4 rings (SSSR count).